The number of carbonyl (C=O) groups is 2. The molecular weight excluding hydrogens is 196 g/mol. The van der Waals surface area contributed by atoms with Crippen LogP contribution >= 0.6 is 0 Å². The van der Waals surface area contributed by atoms with Gasteiger partial charge in [0.25, 0.3) is 0 Å². The Hall–Kier alpha value is -1.14. The molecule has 0 radical (unpaired) electrons. The molecule has 2 amide bonds. The number of primary amides is 2. The number of rotatable bonds is 8. The highest BCUT2D eigenvalue weighted by Crippen LogP contribution is 2.05. The van der Waals surface area contributed by atoms with Crippen molar-refractivity contribution in [1.82, 2.24) is 5.32 Å². The molecule has 0 saturated heterocycles. The van der Waals surface area contributed by atoms with Crippen LogP contribution in [0.2, 0.25) is 0 Å². The van der Waals surface area contributed by atoms with Crippen molar-refractivity contribution in [3.63, 3.8) is 0 Å². The predicted octanol–water partition coefficient (Wildman–Crippen LogP) is -1.57. The van der Waals surface area contributed by atoms with E-state index < -0.39 is 11.9 Å². The third-order valence-electron chi connectivity index (χ3n) is 2.32. The highest BCUT2D eigenvalue weighted by Gasteiger charge is 2.13. The zero-order valence-electron chi connectivity index (χ0n) is 9.03. The molecule has 0 saturated carbocycles. The van der Waals surface area contributed by atoms with E-state index in [1.54, 1.807) is 7.05 Å². The van der Waals surface area contributed by atoms with Crippen molar-refractivity contribution >= 4 is 11.8 Å². The predicted molar refractivity (Wildman–Crippen MR) is 57.7 cm³/mol. The molecule has 7 N–H and O–H groups in total. The van der Waals surface area contributed by atoms with Gasteiger partial charge in [-0.05, 0) is 19.9 Å². The van der Waals surface area contributed by atoms with Gasteiger partial charge in [-0.1, -0.05) is 12.8 Å². The topological polar surface area (TPSA) is 124 Å². The lowest BCUT2D eigenvalue weighted by Crippen LogP contribution is -2.39. The van der Waals surface area contributed by atoms with E-state index in [2.05, 4.69) is 5.32 Å². The minimum absolute atomic E-state index is 0.310. The molecule has 88 valence electrons. The molecule has 0 bridgehead atoms. The SMILES string of the molecule is CNC(CCCCC(N)C(N)=O)C(N)=O. The van der Waals surface area contributed by atoms with E-state index in [0.29, 0.717) is 12.8 Å². The van der Waals surface area contributed by atoms with Crippen molar-refractivity contribution in [2.24, 2.45) is 17.2 Å². The van der Waals surface area contributed by atoms with E-state index >= 15 is 0 Å². The van der Waals surface area contributed by atoms with E-state index in [0.717, 1.165) is 12.8 Å². The van der Waals surface area contributed by atoms with Crippen LogP contribution < -0.4 is 22.5 Å². The third kappa shape index (κ3) is 6.03. The first-order valence-electron chi connectivity index (χ1n) is 5.00. The summed E-state index contributed by atoms with van der Waals surface area (Å²) in [6.45, 7) is 0. The smallest absolute Gasteiger partial charge is 0.234 e. The highest BCUT2D eigenvalue weighted by molar-refractivity contribution is 5.80. The van der Waals surface area contributed by atoms with Crippen molar-refractivity contribution in [3.8, 4) is 0 Å². The van der Waals surface area contributed by atoms with E-state index in [4.69, 9.17) is 17.2 Å². The molecule has 2 unspecified atom stereocenters. The molecule has 2 atom stereocenters. The van der Waals surface area contributed by atoms with E-state index in [-0.39, 0.29) is 11.9 Å². The van der Waals surface area contributed by atoms with Crippen LogP contribution in [0.25, 0.3) is 0 Å². The second kappa shape index (κ2) is 7.19. The monoisotopic (exact) mass is 216 g/mol. The summed E-state index contributed by atoms with van der Waals surface area (Å²) in [5.74, 6) is -0.855. The molecule has 6 nitrogen and oxygen atoms in total. The Morgan fingerprint density at radius 3 is 2.07 bits per heavy atom. The molecule has 0 aliphatic heterocycles. The third-order valence-corrected chi connectivity index (χ3v) is 2.32. The minimum Gasteiger partial charge on any atom is -0.368 e. The average Bonchev–Trinajstić information content (AvgIpc) is 2.16. The molecule has 0 heterocycles. The summed E-state index contributed by atoms with van der Waals surface area (Å²) in [7, 11) is 1.69. The fourth-order valence-electron chi connectivity index (χ4n) is 1.28. The van der Waals surface area contributed by atoms with Crippen LogP contribution in [-0.4, -0.2) is 30.9 Å². The maximum absolute atomic E-state index is 10.8. The Kier molecular flexibility index (Phi) is 6.64. The largest absolute Gasteiger partial charge is 0.368 e. The molecule has 0 aromatic carbocycles. The maximum atomic E-state index is 10.8. The summed E-state index contributed by atoms with van der Waals surface area (Å²) in [5, 5.41) is 2.81. The van der Waals surface area contributed by atoms with Gasteiger partial charge in [-0.25, -0.2) is 0 Å². The van der Waals surface area contributed by atoms with Gasteiger partial charge in [-0.2, -0.15) is 0 Å². The van der Waals surface area contributed by atoms with Gasteiger partial charge in [0.1, 0.15) is 0 Å². The molecule has 0 rings (SSSR count). The summed E-state index contributed by atoms with van der Waals surface area (Å²) in [6.07, 6.45) is 2.74. The second-order valence-corrected chi connectivity index (χ2v) is 3.54. The summed E-state index contributed by atoms with van der Waals surface area (Å²) in [5.41, 5.74) is 15.6. The van der Waals surface area contributed by atoms with E-state index in [1.165, 1.54) is 0 Å². The average molecular weight is 216 g/mol. The van der Waals surface area contributed by atoms with Gasteiger partial charge in [0.15, 0.2) is 0 Å². The Morgan fingerprint density at radius 1 is 1.13 bits per heavy atom. The molecule has 0 aliphatic rings. The van der Waals surface area contributed by atoms with Gasteiger partial charge in [0, 0.05) is 0 Å². The number of nitrogens with two attached hydrogens (primary N) is 3. The van der Waals surface area contributed by atoms with Crippen molar-refractivity contribution in [2.45, 2.75) is 37.8 Å². The number of hydrogen-bond donors (Lipinski definition) is 4. The molecule has 0 fully saturated rings. The zero-order chi connectivity index (χ0) is 11.8. The van der Waals surface area contributed by atoms with Crippen LogP contribution in [-0.2, 0) is 9.59 Å². The first-order chi connectivity index (χ1) is 6.99. The Morgan fingerprint density at radius 2 is 1.67 bits per heavy atom. The summed E-state index contributed by atoms with van der Waals surface area (Å²) >= 11 is 0. The van der Waals surface area contributed by atoms with Crippen molar-refractivity contribution in [2.75, 3.05) is 7.05 Å². The Balaban J connectivity index is 3.61. The molecule has 0 aliphatic carbocycles. The highest BCUT2D eigenvalue weighted by atomic mass is 16.1. The number of likely N-dealkylation sites (N-methyl/N-ethyl adjacent to an activating group) is 1. The molecular formula is C9H20N4O2. The normalized spacial score (nSPS) is 14.5. The van der Waals surface area contributed by atoms with E-state index in [1.807, 2.05) is 0 Å². The number of hydrogen-bond acceptors (Lipinski definition) is 4. The molecule has 6 heteroatoms. The van der Waals surface area contributed by atoms with Crippen LogP contribution in [0, 0.1) is 0 Å². The van der Waals surface area contributed by atoms with Crippen LogP contribution in [0.5, 0.6) is 0 Å². The fourth-order valence-corrected chi connectivity index (χ4v) is 1.28. The standard InChI is InChI=1S/C9H20N4O2/c1-13-7(9(12)15)5-3-2-4-6(10)8(11)14/h6-7,13H,2-5,10H2,1H3,(H2,11,14)(H2,12,15). The number of nitrogens with one attached hydrogen (secondary N) is 1. The van der Waals surface area contributed by atoms with Gasteiger partial charge < -0.3 is 22.5 Å². The first kappa shape index (κ1) is 13.9. The lowest BCUT2D eigenvalue weighted by molar-refractivity contribution is -0.120. The van der Waals surface area contributed by atoms with Crippen LogP contribution in [0.15, 0.2) is 0 Å². The maximum Gasteiger partial charge on any atom is 0.234 e. The van der Waals surface area contributed by atoms with Gasteiger partial charge in [-0.15, -0.1) is 0 Å². The molecule has 0 aromatic rings. The molecule has 0 spiro atoms. The number of carbonyl (C=O) groups excluding carboxylic acids is 2. The molecule has 0 aromatic heterocycles. The summed E-state index contributed by atoms with van der Waals surface area (Å²) in [4.78, 5) is 21.4. The van der Waals surface area contributed by atoms with E-state index in [9.17, 15) is 9.59 Å². The fraction of sp³-hybridized carbons (Fsp3) is 0.778. The van der Waals surface area contributed by atoms with Crippen molar-refractivity contribution in [1.29, 1.82) is 0 Å². The number of unbranched alkanes of at least 4 members (excludes halogenated alkanes) is 1. The van der Waals surface area contributed by atoms with Gasteiger partial charge in [-0.3, -0.25) is 9.59 Å². The quantitative estimate of drug-likeness (QED) is 0.366. The minimum atomic E-state index is -0.591. The van der Waals surface area contributed by atoms with Gasteiger partial charge in [0.2, 0.25) is 11.8 Å². The van der Waals surface area contributed by atoms with Crippen molar-refractivity contribution in [3.05, 3.63) is 0 Å². The van der Waals surface area contributed by atoms with Crippen LogP contribution in [0.1, 0.15) is 25.7 Å². The van der Waals surface area contributed by atoms with Crippen molar-refractivity contribution < 1.29 is 9.59 Å². The number of amides is 2. The van der Waals surface area contributed by atoms with Crippen LogP contribution in [0.4, 0.5) is 0 Å². The first-order valence-corrected chi connectivity index (χ1v) is 5.00. The van der Waals surface area contributed by atoms with Gasteiger partial charge in [0.05, 0.1) is 12.1 Å². The van der Waals surface area contributed by atoms with Gasteiger partial charge >= 0.3 is 0 Å². The molecule has 15 heavy (non-hydrogen) atoms. The summed E-state index contributed by atoms with van der Waals surface area (Å²) < 4.78 is 0. The second-order valence-electron chi connectivity index (χ2n) is 3.54. The lowest BCUT2D eigenvalue weighted by atomic mass is 10.0. The zero-order valence-corrected chi connectivity index (χ0v) is 9.03. The van der Waals surface area contributed by atoms with Crippen LogP contribution in [0.3, 0.4) is 0 Å². The summed E-state index contributed by atoms with van der Waals surface area (Å²) in [6, 6.07) is -0.901. The Labute approximate surface area is 89.6 Å². The Bertz CT molecular complexity index is 220. The lowest BCUT2D eigenvalue weighted by Gasteiger charge is -2.12.